The highest BCUT2D eigenvalue weighted by atomic mass is 32.1. The van der Waals surface area contributed by atoms with Crippen LogP contribution in [0.4, 0.5) is 4.39 Å². The summed E-state index contributed by atoms with van der Waals surface area (Å²) in [5.74, 6) is -0.583. The number of rotatable bonds is 7. The maximum atomic E-state index is 14.4. The largest absolute Gasteiger partial charge is 0.390 e. The number of likely N-dealkylation sites (N-methyl/N-ethyl adjacent to an activating group) is 1. The molecule has 1 aromatic heterocycles. The minimum Gasteiger partial charge on any atom is -0.390 e. The summed E-state index contributed by atoms with van der Waals surface area (Å²) < 4.78 is 14.4. The first-order chi connectivity index (χ1) is 18.7. The van der Waals surface area contributed by atoms with E-state index in [4.69, 9.17) is 4.98 Å². The number of benzene rings is 2. The maximum Gasteiger partial charge on any atom is 0.246 e. The maximum absolute atomic E-state index is 14.4. The molecule has 3 N–H and O–H groups in total. The Morgan fingerprint density at radius 2 is 1.87 bits per heavy atom. The molecule has 1 saturated heterocycles. The number of aliphatic hydroxyl groups is 1. The fourth-order valence-corrected chi connectivity index (χ4v) is 6.87. The second-order valence-electron chi connectivity index (χ2n) is 11.2. The van der Waals surface area contributed by atoms with Crippen LogP contribution in [0.15, 0.2) is 41.8 Å². The molecule has 1 aliphatic heterocycles. The van der Waals surface area contributed by atoms with Gasteiger partial charge in [-0.15, -0.1) is 11.3 Å². The number of hydrogen-bond donors (Lipinski definition) is 3. The summed E-state index contributed by atoms with van der Waals surface area (Å²) in [6, 6.07) is 9.39. The quantitative estimate of drug-likeness (QED) is 0.392. The molecule has 0 unspecified atom stereocenters. The van der Waals surface area contributed by atoms with Crippen molar-refractivity contribution in [3.05, 3.63) is 52.6 Å². The standard InChI is InChI=1S/C30H37FN4O3S/c1-18(32-3)27(36)34-26(19-12-14-30(2,38)15-13-19)29(37)35-16-6-9-25(35)28-33-24(17-39-28)22-10-11-23(31)21-8-5-4-7-20(21)22/h4-5,7-8,10-11,17-19,25-26,32,38H,6,9,12-16H2,1-3H3,(H,34,36)/t18-,19-,25-,26-,30+/m0/s1. The summed E-state index contributed by atoms with van der Waals surface area (Å²) >= 11 is 1.52. The molecule has 2 amide bonds. The van der Waals surface area contributed by atoms with E-state index in [1.54, 1.807) is 26.1 Å². The van der Waals surface area contributed by atoms with Crippen molar-refractivity contribution in [2.75, 3.05) is 13.6 Å². The number of nitrogens with one attached hydrogen (secondary N) is 2. The number of carbonyl (C=O) groups excluding carboxylic acids is 2. The van der Waals surface area contributed by atoms with E-state index in [1.807, 2.05) is 35.4 Å². The highest BCUT2D eigenvalue weighted by Crippen LogP contribution is 2.40. The molecule has 1 aliphatic carbocycles. The van der Waals surface area contributed by atoms with Crippen molar-refractivity contribution in [3.8, 4) is 11.3 Å². The van der Waals surface area contributed by atoms with E-state index in [-0.39, 0.29) is 29.6 Å². The molecule has 1 saturated carbocycles. The summed E-state index contributed by atoms with van der Waals surface area (Å²) in [6.45, 7) is 4.22. The Balaban J connectivity index is 1.41. The fraction of sp³-hybridized carbons (Fsp3) is 0.500. The van der Waals surface area contributed by atoms with Crippen molar-refractivity contribution in [2.24, 2.45) is 5.92 Å². The van der Waals surface area contributed by atoms with Gasteiger partial charge in [-0.25, -0.2) is 9.37 Å². The molecule has 2 fully saturated rings. The van der Waals surface area contributed by atoms with Crippen molar-refractivity contribution in [1.29, 1.82) is 0 Å². The number of halogens is 1. The third-order valence-electron chi connectivity index (χ3n) is 8.46. The predicted octanol–water partition coefficient (Wildman–Crippen LogP) is 4.80. The van der Waals surface area contributed by atoms with E-state index in [0.717, 1.165) is 34.5 Å². The number of thiazole rings is 1. The van der Waals surface area contributed by atoms with E-state index in [1.165, 1.54) is 17.4 Å². The van der Waals surface area contributed by atoms with Gasteiger partial charge in [0.2, 0.25) is 11.8 Å². The monoisotopic (exact) mass is 552 g/mol. The summed E-state index contributed by atoms with van der Waals surface area (Å²) in [6.07, 6.45) is 4.21. The second kappa shape index (κ2) is 11.3. The first-order valence-electron chi connectivity index (χ1n) is 13.8. The lowest BCUT2D eigenvalue weighted by molar-refractivity contribution is -0.140. The Bertz CT molecular complexity index is 1350. The zero-order valence-electron chi connectivity index (χ0n) is 22.7. The minimum absolute atomic E-state index is 0.0376. The van der Waals surface area contributed by atoms with Gasteiger partial charge < -0.3 is 20.6 Å². The molecular formula is C30H37FN4O3S. The van der Waals surface area contributed by atoms with Crippen LogP contribution in [0, 0.1) is 11.7 Å². The minimum atomic E-state index is -0.732. The van der Waals surface area contributed by atoms with Crippen molar-refractivity contribution >= 4 is 33.9 Å². The highest BCUT2D eigenvalue weighted by molar-refractivity contribution is 7.10. The average Bonchev–Trinajstić information content (AvgIpc) is 3.61. The molecule has 2 heterocycles. The molecule has 2 aliphatic rings. The highest BCUT2D eigenvalue weighted by Gasteiger charge is 2.42. The molecule has 3 atom stereocenters. The lowest BCUT2D eigenvalue weighted by Crippen LogP contribution is -2.56. The van der Waals surface area contributed by atoms with Crippen LogP contribution in [0.3, 0.4) is 0 Å². The zero-order valence-corrected chi connectivity index (χ0v) is 23.6. The smallest absolute Gasteiger partial charge is 0.246 e. The Labute approximate surface area is 232 Å². The average molecular weight is 553 g/mol. The first kappa shape index (κ1) is 27.7. The van der Waals surface area contributed by atoms with Gasteiger partial charge in [0.05, 0.1) is 23.4 Å². The van der Waals surface area contributed by atoms with Crippen LogP contribution in [0.1, 0.15) is 63.4 Å². The Hall–Kier alpha value is -2.88. The van der Waals surface area contributed by atoms with Crippen LogP contribution in [0.5, 0.6) is 0 Å². The van der Waals surface area contributed by atoms with Crippen LogP contribution < -0.4 is 10.6 Å². The lowest BCUT2D eigenvalue weighted by atomic mass is 9.76. The molecule has 3 aromatic rings. The van der Waals surface area contributed by atoms with E-state index in [9.17, 15) is 19.1 Å². The molecule has 0 bridgehead atoms. The normalized spacial score (nSPS) is 25.0. The SMILES string of the molecule is CN[C@@H](C)C(=O)N[C@H](C(=O)N1CCC[C@H]1c1nc(-c2ccc(F)c3ccccc23)cs1)[C@H]1CC[C@@](C)(O)CC1. The Kier molecular flexibility index (Phi) is 8.03. The van der Waals surface area contributed by atoms with Gasteiger partial charge >= 0.3 is 0 Å². The van der Waals surface area contributed by atoms with Crippen LogP contribution in [-0.4, -0.2) is 58.1 Å². The molecular weight excluding hydrogens is 515 g/mol. The van der Waals surface area contributed by atoms with Gasteiger partial charge in [0.1, 0.15) is 16.9 Å². The van der Waals surface area contributed by atoms with Crippen molar-refractivity contribution in [2.45, 2.75) is 76.1 Å². The van der Waals surface area contributed by atoms with Gasteiger partial charge in [0.15, 0.2) is 0 Å². The summed E-state index contributed by atoms with van der Waals surface area (Å²) in [5, 5.41) is 20.7. The zero-order chi connectivity index (χ0) is 27.7. The molecule has 7 nitrogen and oxygen atoms in total. The number of amides is 2. The number of carbonyl (C=O) groups is 2. The predicted molar refractivity (Wildman–Crippen MR) is 152 cm³/mol. The summed E-state index contributed by atoms with van der Waals surface area (Å²) in [4.78, 5) is 33.8. The number of nitrogens with zero attached hydrogens (tertiary/aromatic N) is 2. The Morgan fingerprint density at radius 3 is 2.59 bits per heavy atom. The van der Waals surface area contributed by atoms with Gasteiger partial charge in [-0.3, -0.25) is 9.59 Å². The summed E-state index contributed by atoms with van der Waals surface area (Å²) in [7, 11) is 1.72. The number of fused-ring (bicyclic) bond motifs is 1. The molecule has 0 spiro atoms. The molecule has 208 valence electrons. The topological polar surface area (TPSA) is 94.6 Å². The van der Waals surface area contributed by atoms with E-state index in [0.29, 0.717) is 37.6 Å². The van der Waals surface area contributed by atoms with E-state index >= 15 is 0 Å². The van der Waals surface area contributed by atoms with Crippen molar-refractivity contribution in [3.63, 3.8) is 0 Å². The van der Waals surface area contributed by atoms with Gasteiger partial charge in [0, 0.05) is 22.9 Å². The molecule has 5 rings (SSSR count). The van der Waals surface area contributed by atoms with E-state index in [2.05, 4.69) is 10.6 Å². The van der Waals surface area contributed by atoms with Crippen LogP contribution >= 0.6 is 11.3 Å². The van der Waals surface area contributed by atoms with Crippen molar-refractivity contribution < 1.29 is 19.1 Å². The Morgan fingerprint density at radius 1 is 1.15 bits per heavy atom. The third-order valence-corrected chi connectivity index (χ3v) is 9.40. The van der Waals surface area contributed by atoms with E-state index < -0.39 is 17.7 Å². The number of hydrogen-bond acceptors (Lipinski definition) is 6. The number of likely N-dealkylation sites (tertiary alicyclic amines) is 1. The van der Waals surface area contributed by atoms with Crippen molar-refractivity contribution in [1.82, 2.24) is 20.5 Å². The van der Waals surface area contributed by atoms with Crippen LogP contribution in [-0.2, 0) is 9.59 Å². The van der Waals surface area contributed by atoms with Crippen LogP contribution in [0.2, 0.25) is 0 Å². The van der Waals surface area contributed by atoms with Gasteiger partial charge in [0.25, 0.3) is 0 Å². The molecule has 0 radical (unpaired) electrons. The fourth-order valence-electron chi connectivity index (χ4n) is 5.90. The van der Waals surface area contributed by atoms with Gasteiger partial charge in [-0.1, -0.05) is 24.3 Å². The number of aromatic nitrogens is 1. The second-order valence-corrected chi connectivity index (χ2v) is 12.1. The van der Waals surface area contributed by atoms with Gasteiger partial charge in [-0.05, 0) is 82.9 Å². The van der Waals surface area contributed by atoms with Gasteiger partial charge in [-0.2, -0.15) is 0 Å². The lowest BCUT2D eigenvalue weighted by Gasteiger charge is -2.39. The molecule has 2 aromatic carbocycles. The first-order valence-corrected chi connectivity index (χ1v) is 14.7. The molecule has 9 heteroatoms. The molecule has 39 heavy (non-hydrogen) atoms. The third kappa shape index (κ3) is 5.71. The van der Waals surface area contributed by atoms with Crippen LogP contribution in [0.25, 0.3) is 22.0 Å². The summed E-state index contributed by atoms with van der Waals surface area (Å²) in [5.41, 5.74) is 0.906.